The van der Waals surface area contributed by atoms with Crippen LogP contribution < -0.4 is 4.74 Å². The summed E-state index contributed by atoms with van der Waals surface area (Å²) < 4.78 is 5.82. The summed E-state index contributed by atoms with van der Waals surface area (Å²) in [5.41, 5.74) is 1.38. The SMILES string of the molecule is CC(c1ccc(OCCCN(C)C)cc1)N1CC[C@H](N(C)C)C1. The van der Waals surface area contributed by atoms with E-state index >= 15 is 0 Å². The zero-order valence-electron chi connectivity index (χ0n) is 15.5. The van der Waals surface area contributed by atoms with E-state index in [1.807, 2.05) is 0 Å². The van der Waals surface area contributed by atoms with Crippen LogP contribution >= 0.6 is 0 Å². The van der Waals surface area contributed by atoms with Gasteiger partial charge in [-0.1, -0.05) is 12.1 Å². The summed E-state index contributed by atoms with van der Waals surface area (Å²) in [4.78, 5) is 7.11. The number of likely N-dealkylation sites (N-methyl/N-ethyl adjacent to an activating group) is 1. The van der Waals surface area contributed by atoms with E-state index < -0.39 is 0 Å². The van der Waals surface area contributed by atoms with Crippen LogP contribution in [-0.4, -0.2) is 75.2 Å². The second-order valence-electron chi connectivity index (χ2n) is 7.15. The molecule has 1 saturated heterocycles. The van der Waals surface area contributed by atoms with E-state index in [2.05, 4.69) is 74.1 Å². The van der Waals surface area contributed by atoms with Crippen molar-refractivity contribution in [2.24, 2.45) is 0 Å². The molecule has 0 N–H and O–H groups in total. The molecule has 1 heterocycles. The first kappa shape index (κ1) is 18.2. The van der Waals surface area contributed by atoms with Gasteiger partial charge >= 0.3 is 0 Å². The second kappa shape index (κ2) is 8.67. The highest BCUT2D eigenvalue weighted by molar-refractivity contribution is 5.29. The van der Waals surface area contributed by atoms with Crippen molar-refractivity contribution in [3.05, 3.63) is 29.8 Å². The van der Waals surface area contributed by atoms with Crippen molar-refractivity contribution in [2.75, 3.05) is 54.4 Å². The van der Waals surface area contributed by atoms with Gasteiger partial charge in [0.15, 0.2) is 0 Å². The van der Waals surface area contributed by atoms with Gasteiger partial charge in [-0.3, -0.25) is 4.90 Å². The van der Waals surface area contributed by atoms with Crippen LogP contribution in [-0.2, 0) is 0 Å². The first-order valence-corrected chi connectivity index (χ1v) is 8.75. The molecule has 1 aliphatic heterocycles. The fourth-order valence-corrected chi connectivity index (χ4v) is 3.17. The van der Waals surface area contributed by atoms with Crippen molar-refractivity contribution in [2.45, 2.75) is 31.8 Å². The van der Waals surface area contributed by atoms with E-state index in [0.717, 1.165) is 31.9 Å². The van der Waals surface area contributed by atoms with E-state index in [-0.39, 0.29) is 0 Å². The third kappa shape index (κ3) is 5.48. The molecular formula is C19H33N3O. The minimum atomic E-state index is 0.475. The quantitative estimate of drug-likeness (QED) is 0.686. The summed E-state index contributed by atoms with van der Waals surface area (Å²) in [5, 5.41) is 0. The zero-order chi connectivity index (χ0) is 16.8. The van der Waals surface area contributed by atoms with Crippen LogP contribution in [0.3, 0.4) is 0 Å². The van der Waals surface area contributed by atoms with Gasteiger partial charge in [-0.2, -0.15) is 0 Å². The van der Waals surface area contributed by atoms with Gasteiger partial charge in [0, 0.05) is 31.7 Å². The molecule has 0 saturated carbocycles. The first-order chi connectivity index (χ1) is 11.0. The standard InChI is InChI=1S/C19H33N3O/c1-16(22-13-11-18(15-22)21(4)5)17-7-9-19(10-8-17)23-14-6-12-20(2)3/h7-10,16,18H,6,11-15H2,1-5H3/t16?,18-/m0/s1. The molecule has 2 rings (SSSR count). The summed E-state index contributed by atoms with van der Waals surface area (Å²) in [6.45, 7) is 6.51. The lowest BCUT2D eigenvalue weighted by Gasteiger charge is -2.26. The predicted octanol–water partition coefficient (Wildman–Crippen LogP) is 2.71. The summed E-state index contributed by atoms with van der Waals surface area (Å²) >= 11 is 0. The number of nitrogens with zero attached hydrogens (tertiary/aromatic N) is 3. The van der Waals surface area contributed by atoms with E-state index in [0.29, 0.717) is 12.1 Å². The molecule has 2 atom stereocenters. The van der Waals surface area contributed by atoms with Crippen LogP contribution in [0.2, 0.25) is 0 Å². The van der Waals surface area contributed by atoms with Gasteiger partial charge in [0.25, 0.3) is 0 Å². The number of rotatable bonds is 8. The summed E-state index contributed by atoms with van der Waals surface area (Å²) in [6.07, 6.45) is 2.33. The lowest BCUT2D eigenvalue weighted by atomic mass is 10.1. The van der Waals surface area contributed by atoms with Crippen LogP contribution in [0.5, 0.6) is 5.75 Å². The molecule has 1 aromatic rings. The highest BCUT2D eigenvalue weighted by Crippen LogP contribution is 2.27. The molecule has 1 aliphatic rings. The van der Waals surface area contributed by atoms with Crippen molar-refractivity contribution >= 4 is 0 Å². The highest BCUT2D eigenvalue weighted by atomic mass is 16.5. The zero-order valence-corrected chi connectivity index (χ0v) is 15.5. The maximum absolute atomic E-state index is 5.82. The summed E-state index contributed by atoms with van der Waals surface area (Å²) in [7, 11) is 8.55. The highest BCUT2D eigenvalue weighted by Gasteiger charge is 2.27. The predicted molar refractivity (Wildman–Crippen MR) is 97.2 cm³/mol. The Balaban J connectivity index is 1.82. The average molecular weight is 319 g/mol. The van der Waals surface area contributed by atoms with E-state index in [9.17, 15) is 0 Å². The molecule has 23 heavy (non-hydrogen) atoms. The Morgan fingerprint density at radius 1 is 1.17 bits per heavy atom. The molecule has 1 fully saturated rings. The van der Waals surface area contributed by atoms with Crippen molar-refractivity contribution < 1.29 is 4.74 Å². The Kier molecular flexibility index (Phi) is 6.88. The first-order valence-electron chi connectivity index (χ1n) is 8.75. The van der Waals surface area contributed by atoms with Gasteiger partial charge in [0.2, 0.25) is 0 Å². The van der Waals surface area contributed by atoms with Crippen LogP contribution in [0.15, 0.2) is 24.3 Å². The lowest BCUT2D eigenvalue weighted by Crippen LogP contribution is -2.32. The Bertz CT molecular complexity index is 458. The Morgan fingerprint density at radius 3 is 2.43 bits per heavy atom. The molecule has 0 aromatic heterocycles. The Labute approximate surface area is 142 Å². The van der Waals surface area contributed by atoms with Gasteiger partial charge in [-0.05, 0) is 65.7 Å². The van der Waals surface area contributed by atoms with E-state index in [4.69, 9.17) is 4.74 Å². The third-order valence-corrected chi connectivity index (χ3v) is 4.85. The van der Waals surface area contributed by atoms with Gasteiger partial charge in [-0.25, -0.2) is 0 Å². The normalized spacial score (nSPS) is 20.4. The van der Waals surface area contributed by atoms with Crippen LogP contribution in [0.4, 0.5) is 0 Å². The topological polar surface area (TPSA) is 19.0 Å². The van der Waals surface area contributed by atoms with Crippen molar-refractivity contribution in [1.29, 1.82) is 0 Å². The van der Waals surface area contributed by atoms with Gasteiger partial charge < -0.3 is 14.5 Å². The molecule has 0 aliphatic carbocycles. The third-order valence-electron chi connectivity index (χ3n) is 4.85. The Morgan fingerprint density at radius 2 is 1.87 bits per heavy atom. The van der Waals surface area contributed by atoms with Crippen molar-refractivity contribution in [3.8, 4) is 5.75 Å². The number of ether oxygens (including phenoxy) is 1. The molecule has 1 aromatic carbocycles. The van der Waals surface area contributed by atoms with Crippen LogP contribution in [0.25, 0.3) is 0 Å². The molecule has 4 heteroatoms. The molecule has 0 bridgehead atoms. The number of hydrogen-bond acceptors (Lipinski definition) is 4. The molecule has 4 nitrogen and oxygen atoms in total. The monoisotopic (exact) mass is 319 g/mol. The minimum absolute atomic E-state index is 0.475. The van der Waals surface area contributed by atoms with E-state index in [1.54, 1.807) is 0 Å². The average Bonchev–Trinajstić information content (AvgIpc) is 3.01. The molecule has 0 spiro atoms. The molecular weight excluding hydrogens is 286 g/mol. The van der Waals surface area contributed by atoms with Gasteiger partial charge in [0.1, 0.15) is 5.75 Å². The molecule has 130 valence electrons. The number of benzene rings is 1. The maximum atomic E-state index is 5.82. The van der Waals surface area contributed by atoms with Gasteiger partial charge in [-0.15, -0.1) is 0 Å². The van der Waals surface area contributed by atoms with Gasteiger partial charge in [0.05, 0.1) is 6.61 Å². The van der Waals surface area contributed by atoms with E-state index in [1.165, 1.54) is 18.5 Å². The number of hydrogen-bond donors (Lipinski definition) is 0. The van der Waals surface area contributed by atoms with Crippen LogP contribution in [0, 0.1) is 0 Å². The van der Waals surface area contributed by atoms with Crippen molar-refractivity contribution in [3.63, 3.8) is 0 Å². The number of likely N-dealkylation sites (tertiary alicyclic amines) is 1. The Hall–Kier alpha value is -1.10. The molecule has 1 unspecified atom stereocenters. The van der Waals surface area contributed by atoms with Crippen molar-refractivity contribution in [1.82, 2.24) is 14.7 Å². The minimum Gasteiger partial charge on any atom is -0.494 e. The largest absolute Gasteiger partial charge is 0.494 e. The lowest BCUT2D eigenvalue weighted by molar-refractivity contribution is 0.228. The molecule has 0 amide bonds. The maximum Gasteiger partial charge on any atom is 0.119 e. The second-order valence-corrected chi connectivity index (χ2v) is 7.15. The smallest absolute Gasteiger partial charge is 0.119 e. The fourth-order valence-electron chi connectivity index (χ4n) is 3.17. The molecule has 0 radical (unpaired) electrons. The summed E-state index contributed by atoms with van der Waals surface area (Å²) in [5.74, 6) is 0.979. The summed E-state index contributed by atoms with van der Waals surface area (Å²) in [6, 6.07) is 9.82. The fraction of sp³-hybridized carbons (Fsp3) is 0.684. The van der Waals surface area contributed by atoms with Crippen LogP contribution in [0.1, 0.15) is 31.4 Å².